The third kappa shape index (κ3) is 2.66. The van der Waals surface area contributed by atoms with Crippen LogP contribution in [0.1, 0.15) is 23.2 Å². The first-order valence-corrected chi connectivity index (χ1v) is 5.65. The van der Waals surface area contributed by atoms with Gasteiger partial charge in [0.15, 0.2) is 4.98 Å². The molecule has 0 radical (unpaired) electrons. The predicted molar refractivity (Wildman–Crippen MR) is 64.3 cm³/mol. The summed E-state index contributed by atoms with van der Waals surface area (Å²) in [5, 5.41) is 19.7. The molecule has 1 aliphatic rings. The molecule has 10 nitrogen and oxygen atoms in total. The topological polar surface area (TPSA) is 135 Å². The van der Waals surface area contributed by atoms with Crippen molar-refractivity contribution in [2.45, 2.75) is 12.8 Å². The van der Waals surface area contributed by atoms with E-state index in [1.807, 2.05) is 0 Å². The summed E-state index contributed by atoms with van der Waals surface area (Å²) in [7, 11) is 0. The standard InChI is InChI=1S/C11H7N4O6/c12-13-6-1-2-8(15(19)20)7(5-6)11(18)21-14-9(16)3-4-10(14)17/h1-2,5H,3-4H2/q+1. The van der Waals surface area contributed by atoms with Crippen molar-refractivity contribution >= 4 is 29.2 Å². The van der Waals surface area contributed by atoms with Crippen molar-refractivity contribution in [2.24, 2.45) is 0 Å². The lowest BCUT2D eigenvalue weighted by Gasteiger charge is -2.12. The molecule has 10 heteroatoms. The van der Waals surface area contributed by atoms with Gasteiger partial charge in [0.05, 0.1) is 11.0 Å². The van der Waals surface area contributed by atoms with Crippen LogP contribution in [-0.4, -0.2) is 27.8 Å². The highest BCUT2D eigenvalue weighted by Crippen LogP contribution is 2.26. The van der Waals surface area contributed by atoms with Crippen molar-refractivity contribution in [1.29, 1.82) is 5.39 Å². The number of nitrogens with zero attached hydrogens (tertiary/aromatic N) is 4. The Morgan fingerprint density at radius 2 is 1.95 bits per heavy atom. The summed E-state index contributed by atoms with van der Waals surface area (Å²) < 4.78 is 0. The maximum absolute atomic E-state index is 11.9. The lowest BCUT2D eigenvalue weighted by molar-refractivity contribution is -0.385. The van der Waals surface area contributed by atoms with Gasteiger partial charge in [0.2, 0.25) is 5.39 Å². The molecule has 1 fully saturated rings. The Labute approximate surface area is 116 Å². The number of hydrogen-bond acceptors (Lipinski definition) is 7. The second kappa shape index (κ2) is 5.33. The van der Waals surface area contributed by atoms with Crippen LogP contribution in [0.3, 0.4) is 0 Å². The summed E-state index contributed by atoms with van der Waals surface area (Å²) in [4.78, 5) is 51.9. The third-order valence-corrected chi connectivity index (χ3v) is 2.69. The van der Waals surface area contributed by atoms with Gasteiger partial charge in [-0.25, -0.2) is 4.79 Å². The molecule has 0 unspecified atom stereocenters. The molecule has 0 aromatic heterocycles. The van der Waals surface area contributed by atoms with E-state index in [9.17, 15) is 24.5 Å². The van der Waals surface area contributed by atoms with Gasteiger partial charge in [0.25, 0.3) is 17.5 Å². The van der Waals surface area contributed by atoms with Gasteiger partial charge in [-0.2, -0.15) is 0 Å². The monoisotopic (exact) mass is 291 g/mol. The van der Waals surface area contributed by atoms with Gasteiger partial charge in [0.1, 0.15) is 5.56 Å². The number of hydroxylamine groups is 2. The predicted octanol–water partition coefficient (Wildman–Crippen LogP) is 1.30. The molecule has 1 aliphatic heterocycles. The lowest BCUT2D eigenvalue weighted by Crippen LogP contribution is -2.32. The highest BCUT2D eigenvalue weighted by molar-refractivity contribution is 6.03. The van der Waals surface area contributed by atoms with Gasteiger partial charge in [-0.3, -0.25) is 19.7 Å². The minimum absolute atomic E-state index is 0.0970. The van der Waals surface area contributed by atoms with Crippen LogP contribution in [-0.2, 0) is 14.4 Å². The van der Waals surface area contributed by atoms with Gasteiger partial charge in [-0.05, 0) is 0 Å². The Morgan fingerprint density at radius 1 is 1.33 bits per heavy atom. The zero-order valence-electron chi connectivity index (χ0n) is 10.4. The van der Waals surface area contributed by atoms with Gasteiger partial charge in [-0.1, -0.05) is 0 Å². The Morgan fingerprint density at radius 3 is 2.48 bits per heavy atom. The fourth-order valence-electron chi connectivity index (χ4n) is 1.70. The zero-order valence-corrected chi connectivity index (χ0v) is 10.4. The Kier molecular flexibility index (Phi) is 3.57. The highest BCUT2D eigenvalue weighted by atomic mass is 16.7. The fourth-order valence-corrected chi connectivity index (χ4v) is 1.70. The van der Waals surface area contributed by atoms with E-state index < -0.39 is 34.0 Å². The Balaban J connectivity index is 2.34. The van der Waals surface area contributed by atoms with Crippen LogP contribution in [0.15, 0.2) is 18.2 Å². The molecule has 21 heavy (non-hydrogen) atoms. The van der Waals surface area contributed by atoms with Crippen LogP contribution < -0.4 is 0 Å². The smallest absolute Gasteiger partial charge is 0.325 e. The molecule has 0 aliphatic carbocycles. The largest absolute Gasteiger partial charge is 0.386 e. The quantitative estimate of drug-likeness (QED) is 0.354. The van der Waals surface area contributed by atoms with Gasteiger partial charge < -0.3 is 4.84 Å². The Hall–Kier alpha value is -3.35. The molecule has 0 atom stereocenters. The first-order chi connectivity index (χ1) is 9.93. The molecule has 106 valence electrons. The van der Waals surface area contributed by atoms with Gasteiger partial charge in [0, 0.05) is 25.0 Å². The van der Waals surface area contributed by atoms with E-state index >= 15 is 0 Å². The molecule has 0 saturated carbocycles. The maximum Gasteiger partial charge on any atom is 0.386 e. The average molecular weight is 291 g/mol. The van der Waals surface area contributed by atoms with Crippen molar-refractivity contribution < 1.29 is 24.1 Å². The van der Waals surface area contributed by atoms with Crippen LogP contribution in [0.2, 0.25) is 0 Å². The number of carbonyl (C=O) groups excluding carboxylic acids is 3. The van der Waals surface area contributed by atoms with Gasteiger partial charge >= 0.3 is 11.7 Å². The molecule has 1 aromatic carbocycles. The molecule has 0 N–H and O–H groups in total. The van der Waals surface area contributed by atoms with E-state index in [-0.39, 0.29) is 23.6 Å². The minimum Gasteiger partial charge on any atom is -0.325 e. The average Bonchev–Trinajstić information content (AvgIpc) is 2.78. The van der Waals surface area contributed by atoms with Crippen molar-refractivity contribution in [3.63, 3.8) is 0 Å². The molecule has 1 heterocycles. The molecule has 1 saturated heterocycles. The number of nitro benzene ring substituents is 1. The van der Waals surface area contributed by atoms with Crippen LogP contribution in [0.25, 0.3) is 4.98 Å². The summed E-state index contributed by atoms with van der Waals surface area (Å²) >= 11 is 0. The molecule has 2 amide bonds. The fraction of sp³-hybridized carbons (Fsp3) is 0.182. The van der Waals surface area contributed by atoms with Crippen molar-refractivity contribution in [1.82, 2.24) is 5.06 Å². The van der Waals surface area contributed by atoms with Crippen LogP contribution in [0.4, 0.5) is 11.4 Å². The van der Waals surface area contributed by atoms with Crippen LogP contribution in [0, 0.1) is 15.5 Å². The second-order valence-corrected chi connectivity index (χ2v) is 4.02. The van der Waals surface area contributed by atoms with Crippen molar-refractivity contribution in [2.75, 3.05) is 0 Å². The first-order valence-electron chi connectivity index (χ1n) is 5.65. The number of carbonyl (C=O) groups is 3. The number of nitro groups is 1. The number of amides is 2. The number of imide groups is 1. The summed E-state index contributed by atoms with van der Waals surface area (Å²) in [6.07, 6.45) is -0.194. The SMILES string of the molecule is N#[N+]c1ccc([N+](=O)[O-])c(C(=O)ON2C(=O)CCC2=O)c1. The number of hydrogen-bond donors (Lipinski definition) is 0. The number of diazo groups is 1. The second-order valence-electron chi connectivity index (χ2n) is 4.02. The number of rotatable bonds is 3. The van der Waals surface area contributed by atoms with Crippen LogP contribution >= 0.6 is 0 Å². The van der Waals surface area contributed by atoms with E-state index in [1.165, 1.54) is 0 Å². The summed E-state index contributed by atoms with van der Waals surface area (Å²) in [5.74, 6) is -2.69. The minimum atomic E-state index is -1.27. The van der Waals surface area contributed by atoms with E-state index in [1.54, 1.807) is 0 Å². The summed E-state index contributed by atoms with van der Waals surface area (Å²) in [6, 6.07) is 2.96. The van der Waals surface area contributed by atoms with Crippen LogP contribution in [0.5, 0.6) is 0 Å². The van der Waals surface area contributed by atoms with E-state index in [0.29, 0.717) is 0 Å². The number of benzene rings is 1. The molecular weight excluding hydrogens is 284 g/mol. The Bertz CT molecular complexity index is 691. The molecule has 2 rings (SSSR count). The zero-order chi connectivity index (χ0) is 15.6. The van der Waals surface area contributed by atoms with E-state index in [4.69, 9.17) is 5.39 Å². The van der Waals surface area contributed by atoms with E-state index in [2.05, 4.69) is 9.81 Å². The molecule has 0 spiro atoms. The summed E-state index contributed by atoms with van der Waals surface area (Å²) in [5.41, 5.74) is -1.26. The molecule has 1 aromatic rings. The molecular formula is C11H7N4O6+. The van der Waals surface area contributed by atoms with E-state index in [0.717, 1.165) is 18.2 Å². The first kappa shape index (κ1) is 14.1. The highest BCUT2D eigenvalue weighted by Gasteiger charge is 2.35. The molecule has 0 bridgehead atoms. The normalized spacial score (nSPS) is 14.0. The maximum atomic E-state index is 11.9. The van der Waals surface area contributed by atoms with Crippen molar-refractivity contribution in [3.8, 4) is 0 Å². The van der Waals surface area contributed by atoms with Gasteiger partial charge in [-0.15, -0.1) is 5.06 Å². The summed E-state index contributed by atoms with van der Waals surface area (Å²) in [6.45, 7) is 0. The van der Waals surface area contributed by atoms with Crippen molar-refractivity contribution in [3.05, 3.63) is 38.9 Å². The third-order valence-electron chi connectivity index (χ3n) is 2.69. The lowest BCUT2D eigenvalue weighted by atomic mass is 10.1.